The van der Waals surface area contributed by atoms with E-state index in [1.165, 1.54) is 16.9 Å². The molecule has 0 radical (unpaired) electrons. The lowest BCUT2D eigenvalue weighted by molar-refractivity contribution is 0.0697. The number of hydrogen-bond acceptors (Lipinski definition) is 3. The van der Waals surface area contributed by atoms with Crippen molar-refractivity contribution in [1.82, 2.24) is 9.78 Å². The third kappa shape index (κ3) is 1.91. The van der Waals surface area contributed by atoms with E-state index in [4.69, 9.17) is 5.11 Å². The van der Waals surface area contributed by atoms with Crippen molar-refractivity contribution in [2.75, 3.05) is 11.9 Å². The van der Waals surface area contributed by atoms with Crippen LogP contribution in [-0.2, 0) is 0 Å². The number of nitrogens with zero attached hydrogens (tertiary/aromatic N) is 2. The summed E-state index contributed by atoms with van der Waals surface area (Å²) in [5, 5.41) is 16.1. The molecule has 0 aliphatic carbocycles. The number of nitrogens with one attached hydrogen (secondary N) is 1. The van der Waals surface area contributed by atoms with Gasteiger partial charge in [0.15, 0.2) is 11.6 Å². The van der Waals surface area contributed by atoms with Gasteiger partial charge in [-0.3, -0.25) is 0 Å². The molecule has 0 saturated heterocycles. The highest BCUT2D eigenvalue weighted by Gasteiger charge is 2.27. The Bertz CT molecular complexity index is 684. The van der Waals surface area contributed by atoms with E-state index >= 15 is 0 Å². The standard InChI is InChI=1S/C13H11F2N3O2/c14-9-2-1-7(5-10(9)15)11-3-4-16-12-8(13(19)20)6-17-18(11)12/h1-2,5-6,11,16H,3-4H2,(H,19,20). The average molecular weight is 279 g/mol. The largest absolute Gasteiger partial charge is 0.477 e. The Kier molecular flexibility index (Phi) is 2.89. The fourth-order valence-electron chi connectivity index (χ4n) is 2.41. The maximum absolute atomic E-state index is 13.3. The highest BCUT2D eigenvalue weighted by Crippen LogP contribution is 2.31. The maximum Gasteiger partial charge on any atom is 0.341 e. The Morgan fingerprint density at radius 3 is 2.90 bits per heavy atom. The third-order valence-corrected chi connectivity index (χ3v) is 3.36. The first kappa shape index (κ1) is 12.6. The minimum atomic E-state index is -1.08. The van der Waals surface area contributed by atoms with E-state index in [1.54, 1.807) is 0 Å². The molecule has 0 spiro atoms. The molecule has 0 saturated carbocycles. The lowest BCUT2D eigenvalue weighted by atomic mass is 10.0. The van der Waals surface area contributed by atoms with Crippen LogP contribution in [0.15, 0.2) is 24.4 Å². The summed E-state index contributed by atoms with van der Waals surface area (Å²) in [5.74, 6) is -2.52. The molecule has 20 heavy (non-hydrogen) atoms. The van der Waals surface area contributed by atoms with E-state index in [0.29, 0.717) is 24.3 Å². The maximum atomic E-state index is 13.3. The summed E-state index contributed by atoms with van der Waals surface area (Å²) in [5.41, 5.74) is 0.629. The molecule has 104 valence electrons. The molecule has 1 aromatic carbocycles. The number of carboxylic acid groups (broad SMARTS) is 1. The SMILES string of the molecule is O=C(O)c1cnn2c1NCCC2c1ccc(F)c(F)c1. The van der Waals surface area contributed by atoms with Gasteiger partial charge in [0.2, 0.25) is 0 Å². The van der Waals surface area contributed by atoms with E-state index in [1.807, 2.05) is 0 Å². The minimum absolute atomic E-state index is 0.0669. The van der Waals surface area contributed by atoms with Gasteiger partial charge in [-0.1, -0.05) is 6.07 Å². The molecule has 3 rings (SSSR count). The van der Waals surface area contributed by atoms with Crippen LogP contribution >= 0.6 is 0 Å². The molecule has 1 aliphatic rings. The van der Waals surface area contributed by atoms with Gasteiger partial charge in [-0.05, 0) is 24.1 Å². The highest BCUT2D eigenvalue weighted by atomic mass is 19.2. The molecule has 1 aliphatic heterocycles. The lowest BCUT2D eigenvalue weighted by Gasteiger charge is -2.26. The van der Waals surface area contributed by atoms with Gasteiger partial charge < -0.3 is 10.4 Å². The van der Waals surface area contributed by atoms with Crippen LogP contribution in [0.5, 0.6) is 0 Å². The fraction of sp³-hybridized carbons (Fsp3) is 0.231. The van der Waals surface area contributed by atoms with Crippen LogP contribution in [0.2, 0.25) is 0 Å². The van der Waals surface area contributed by atoms with Gasteiger partial charge in [-0.2, -0.15) is 5.10 Å². The van der Waals surface area contributed by atoms with Crippen molar-refractivity contribution in [2.45, 2.75) is 12.5 Å². The monoisotopic (exact) mass is 279 g/mol. The molecule has 7 heteroatoms. The van der Waals surface area contributed by atoms with E-state index < -0.39 is 17.6 Å². The number of benzene rings is 1. The summed E-state index contributed by atoms with van der Waals surface area (Å²) in [6.45, 7) is 0.537. The summed E-state index contributed by atoms with van der Waals surface area (Å²) in [7, 11) is 0. The van der Waals surface area contributed by atoms with Crippen LogP contribution in [0, 0.1) is 11.6 Å². The Balaban J connectivity index is 2.05. The molecular formula is C13H11F2N3O2. The first-order chi connectivity index (χ1) is 9.58. The molecular weight excluding hydrogens is 268 g/mol. The quantitative estimate of drug-likeness (QED) is 0.885. The second-order valence-corrected chi connectivity index (χ2v) is 4.56. The van der Waals surface area contributed by atoms with Crippen LogP contribution in [0.25, 0.3) is 0 Å². The predicted octanol–water partition coefficient (Wildman–Crippen LogP) is 2.26. The molecule has 0 fully saturated rings. The molecule has 0 bridgehead atoms. The van der Waals surface area contributed by atoms with Gasteiger partial charge in [-0.25, -0.2) is 18.3 Å². The van der Waals surface area contributed by atoms with Crippen LogP contribution < -0.4 is 5.32 Å². The number of aromatic nitrogens is 2. The number of fused-ring (bicyclic) bond motifs is 1. The van der Waals surface area contributed by atoms with E-state index in [-0.39, 0.29) is 11.6 Å². The van der Waals surface area contributed by atoms with E-state index in [2.05, 4.69) is 10.4 Å². The molecule has 0 amide bonds. The number of aromatic carboxylic acids is 1. The van der Waals surface area contributed by atoms with Crippen LogP contribution in [-0.4, -0.2) is 27.4 Å². The summed E-state index contributed by atoms with van der Waals surface area (Å²) in [4.78, 5) is 11.1. The van der Waals surface area contributed by atoms with Gasteiger partial charge >= 0.3 is 5.97 Å². The average Bonchev–Trinajstić information content (AvgIpc) is 2.86. The first-order valence-corrected chi connectivity index (χ1v) is 6.07. The van der Waals surface area contributed by atoms with Crippen LogP contribution in [0.3, 0.4) is 0 Å². The molecule has 5 nitrogen and oxygen atoms in total. The Hall–Kier alpha value is -2.44. The second kappa shape index (κ2) is 4.59. The van der Waals surface area contributed by atoms with Crippen molar-refractivity contribution in [3.05, 3.63) is 47.2 Å². The van der Waals surface area contributed by atoms with Crippen molar-refractivity contribution in [3.8, 4) is 0 Å². The zero-order chi connectivity index (χ0) is 14.3. The molecule has 1 atom stereocenters. The number of rotatable bonds is 2. The summed E-state index contributed by atoms with van der Waals surface area (Å²) in [6.07, 6.45) is 1.86. The van der Waals surface area contributed by atoms with Crippen LogP contribution in [0.4, 0.5) is 14.6 Å². The molecule has 2 aromatic rings. The zero-order valence-electron chi connectivity index (χ0n) is 10.3. The number of carbonyl (C=O) groups is 1. The molecule has 1 unspecified atom stereocenters. The van der Waals surface area contributed by atoms with Crippen LogP contribution in [0.1, 0.15) is 28.4 Å². The first-order valence-electron chi connectivity index (χ1n) is 6.07. The van der Waals surface area contributed by atoms with Crippen molar-refractivity contribution in [1.29, 1.82) is 0 Å². The second-order valence-electron chi connectivity index (χ2n) is 4.56. The van der Waals surface area contributed by atoms with Gasteiger partial charge in [0.05, 0.1) is 12.2 Å². The predicted molar refractivity (Wildman–Crippen MR) is 66.8 cm³/mol. The van der Waals surface area contributed by atoms with Crippen molar-refractivity contribution in [2.24, 2.45) is 0 Å². The lowest BCUT2D eigenvalue weighted by Crippen LogP contribution is -2.25. The molecule has 2 N–H and O–H groups in total. The van der Waals surface area contributed by atoms with Gasteiger partial charge in [-0.15, -0.1) is 0 Å². The zero-order valence-corrected chi connectivity index (χ0v) is 10.3. The van der Waals surface area contributed by atoms with Crippen molar-refractivity contribution in [3.63, 3.8) is 0 Å². The minimum Gasteiger partial charge on any atom is -0.477 e. The summed E-state index contributed by atoms with van der Waals surface area (Å²) >= 11 is 0. The Morgan fingerprint density at radius 1 is 1.40 bits per heavy atom. The fourth-order valence-corrected chi connectivity index (χ4v) is 2.41. The number of anilines is 1. The Morgan fingerprint density at radius 2 is 2.20 bits per heavy atom. The summed E-state index contributed by atoms with van der Waals surface area (Å²) < 4.78 is 27.8. The van der Waals surface area contributed by atoms with Crippen molar-refractivity contribution >= 4 is 11.8 Å². The van der Waals surface area contributed by atoms with Gasteiger partial charge in [0.1, 0.15) is 11.4 Å². The number of carboxylic acids is 1. The van der Waals surface area contributed by atoms with E-state index in [0.717, 1.165) is 12.1 Å². The van der Waals surface area contributed by atoms with E-state index in [9.17, 15) is 13.6 Å². The third-order valence-electron chi connectivity index (χ3n) is 3.36. The topological polar surface area (TPSA) is 67.1 Å². The number of halogens is 2. The normalized spacial score (nSPS) is 17.4. The smallest absolute Gasteiger partial charge is 0.341 e. The van der Waals surface area contributed by atoms with Crippen molar-refractivity contribution < 1.29 is 18.7 Å². The molecule has 1 aromatic heterocycles. The van der Waals surface area contributed by atoms with Gasteiger partial charge in [0, 0.05) is 6.54 Å². The summed E-state index contributed by atoms with van der Waals surface area (Å²) in [6, 6.07) is 3.36. The Labute approximate surface area is 112 Å². The number of hydrogen-bond donors (Lipinski definition) is 2. The van der Waals surface area contributed by atoms with Gasteiger partial charge in [0.25, 0.3) is 0 Å². The molecule has 2 heterocycles. The highest BCUT2D eigenvalue weighted by molar-refractivity contribution is 5.93.